The number of carbonyl (C=O) groups is 1. The lowest BCUT2D eigenvalue weighted by molar-refractivity contribution is 0.0792. The Labute approximate surface area is 139 Å². The number of thiophene rings is 1. The lowest BCUT2D eigenvalue weighted by Gasteiger charge is -2.18. The largest absolute Gasteiger partial charge is 0.336 e. The van der Waals surface area contributed by atoms with Crippen molar-refractivity contribution in [3.63, 3.8) is 0 Å². The summed E-state index contributed by atoms with van der Waals surface area (Å²) in [4.78, 5) is 21.3. The molecule has 0 bridgehead atoms. The van der Waals surface area contributed by atoms with Crippen LogP contribution >= 0.6 is 11.3 Å². The van der Waals surface area contributed by atoms with E-state index in [1.54, 1.807) is 11.3 Å². The quantitative estimate of drug-likeness (QED) is 0.719. The lowest BCUT2D eigenvalue weighted by Crippen LogP contribution is -2.28. The highest BCUT2D eigenvalue weighted by atomic mass is 32.1. The van der Waals surface area contributed by atoms with E-state index < -0.39 is 0 Å². The molecule has 4 nitrogen and oxygen atoms in total. The van der Waals surface area contributed by atoms with Gasteiger partial charge in [-0.05, 0) is 44.5 Å². The van der Waals surface area contributed by atoms with Crippen molar-refractivity contribution < 1.29 is 4.79 Å². The Morgan fingerprint density at radius 1 is 1.22 bits per heavy atom. The molecule has 23 heavy (non-hydrogen) atoms. The second-order valence-electron chi connectivity index (χ2n) is 6.12. The number of aromatic nitrogens is 2. The van der Waals surface area contributed by atoms with Crippen LogP contribution in [0.25, 0.3) is 11.0 Å². The molecule has 0 saturated carbocycles. The Hall–Kier alpha value is -2.14. The van der Waals surface area contributed by atoms with Gasteiger partial charge in [0.25, 0.3) is 5.91 Å². The van der Waals surface area contributed by atoms with Crippen LogP contribution in [0.3, 0.4) is 0 Å². The summed E-state index contributed by atoms with van der Waals surface area (Å²) in [7, 11) is 0. The highest BCUT2D eigenvalue weighted by Gasteiger charge is 2.30. The van der Waals surface area contributed by atoms with Crippen molar-refractivity contribution >= 4 is 28.3 Å². The number of likely N-dealkylation sites (tertiary alicyclic amines) is 1. The summed E-state index contributed by atoms with van der Waals surface area (Å²) < 4.78 is 2.29. The first-order valence-corrected chi connectivity index (χ1v) is 8.74. The number of aryl methyl sites for hydroxylation is 2. The number of hydrogen-bond donors (Lipinski definition) is 0. The number of para-hydroxylation sites is 2. The number of rotatable bonds is 2. The van der Waals surface area contributed by atoms with Gasteiger partial charge >= 0.3 is 0 Å². The molecular weight excluding hydrogens is 306 g/mol. The molecular formula is C18H19N3OS. The maximum atomic E-state index is 12.6. The van der Waals surface area contributed by atoms with E-state index in [4.69, 9.17) is 0 Å². The first kappa shape index (κ1) is 14.5. The van der Waals surface area contributed by atoms with Crippen molar-refractivity contribution in [1.29, 1.82) is 0 Å². The third-order valence-corrected chi connectivity index (χ3v) is 5.53. The van der Waals surface area contributed by atoms with Gasteiger partial charge in [-0.3, -0.25) is 4.79 Å². The fourth-order valence-corrected chi connectivity index (χ4v) is 4.30. The highest BCUT2D eigenvalue weighted by molar-refractivity contribution is 7.13. The van der Waals surface area contributed by atoms with Crippen LogP contribution in [-0.2, 0) is 0 Å². The molecule has 1 atom stereocenters. The summed E-state index contributed by atoms with van der Waals surface area (Å²) in [6, 6.07) is 12.5. The number of fused-ring (bicyclic) bond motifs is 1. The van der Waals surface area contributed by atoms with E-state index in [0.717, 1.165) is 41.2 Å². The molecule has 2 aromatic heterocycles. The summed E-state index contributed by atoms with van der Waals surface area (Å²) in [5.41, 5.74) is 2.19. The molecule has 1 aromatic carbocycles. The van der Waals surface area contributed by atoms with Crippen LogP contribution in [0, 0.1) is 13.8 Å². The fraction of sp³-hybridized carbons (Fsp3) is 0.333. The zero-order valence-electron chi connectivity index (χ0n) is 13.3. The van der Waals surface area contributed by atoms with Crippen LogP contribution in [0.5, 0.6) is 0 Å². The van der Waals surface area contributed by atoms with E-state index in [0.29, 0.717) is 6.04 Å². The summed E-state index contributed by atoms with van der Waals surface area (Å²) >= 11 is 1.58. The molecule has 1 aliphatic rings. The zero-order chi connectivity index (χ0) is 16.0. The Kier molecular flexibility index (Phi) is 3.45. The normalized spacial score (nSPS) is 18.0. The standard InChI is InChI=1S/C18H19N3OS/c1-12-7-8-17(23-12)18(22)20-10-9-14(11-20)21-13(2)19-15-5-3-4-6-16(15)21/h3-8,14H,9-11H2,1-2H3/t14-/m0/s1. The predicted molar refractivity (Wildman–Crippen MR) is 93.1 cm³/mol. The summed E-state index contributed by atoms with van der Waals surface area (Å²) in [6.07, 6.45) is 0.983. The van der Waals surface area contributed by atoms with Gasteiger partial charge in [-0.1, -0.05) is 12.1 Å². The number of carbonyl (C=O) groups excluding carboxylic acids is 1. The number of benzene rings is 1. The van der Waals surface area contributed by atoms with Gasteiger partial charge in [0.1, 0.15) is 5.82 Å². The summed E-state index contributed by atoms with van der Waals surface area (Å²) in [5.74, 6) is 1.19. The number of nitrogens with zero attached hydrogens (tertiary/aromatic N) is 3. The molecule has 3 aromatic rings. The predicted octanol–water partition coefficient (Wildman–Crippen LogP) is 3.80. The molecule has 0 spiro atoms. The molecule has 0 N–H and O–H groups in total. The average molecular weight is 325 g/mol. The average Bonchev–Trinajstić information content (AvgIpc) is 3.23. The van der Waals surface area contributed by atoms with Gasteiger partial charge in [0.05, 0.1) is 22.0 Å². The fourth-order valence-electron chi connectivity index (χ4n) is 3.47. The molecule has 3 heterocycles. The Morgan fingerprint density at radius 3 is 2.83 bits per heavy atom. The maximum absolute atomic E-state index is 12.6. The molecule has 0 radical (unpaired) electrons. The van der Waals surface area contributed by atoms with Crippen molar-refractivity contribution in [3.05, 3.63) is 52.0 Å². The number of imidazole rings is 1. The molecule has 1 amide bonds. The van der Waals surface area contributed by atoms with E-state index in [1.807, 2.05) is 49.1 Å². The first-order chi connectivity index (χ1) is 11.1. The zero-order valence-corrected chi connectivity index (χ0v) is 14.1. The molecule has 1 aliphatic heterocycles. The van der Waals surface area contributed by atoms with Crippen molar-refractivity contribution in [2.24, 2.45) is 0 Å². The molecule has 5 heteroatoms. The minimum atomic E-state index is 0.160. The van der Waals surface area contributed by atoms with E-state index in [1.165, 1.54) is 4.88 Å². The third kappa shape index (κ3) is 2.45. The minimum Gasteiger partial charge on any atom is -0.336 e. The van der Waals surface area contributed by atoms with Crippen LogP contribution in [0.1, 0.15) is 32.8 Å². The van der Waals surface area contributed by atoms with Crippen LogP contribution in [0.4, 0.5) is 0 Å². The summed E-state index contributed by atoms with van der Waals surface area (Å²) in [5, 5.41) is 0. The van der Waals surface area contributed by atoms with Gasteiger partial charge in [-0.15, -0.1) is 11.3 Å². The van der Waals surface area contributed by atoms with Gasteiger partial charge in [0.15, 0.2) is 0 Å². The molecule has 118 valence electrons. The van der Waals surface area contributed by atoms with Gasteiger partial charge < -0.3 is 9.47 Å². The Bertz CT molecular complexity index is 879. The monoisotopic (exact) mass is 325 g/mol. The topological polar surface area (TPSA) is 38.1 Å². The van der Waals surface area contributed by atoms with E-state index >= 15 is 0 Å². The Balaban J connectivity index is 1.60. The highest BCUT2D eigenvalue weighted by Crippen LogP contribution is 2.29. The smallest absolute Gasteiger partial charge is 0.263 e. The van der Waals surface area contributed by atoms with Crippen molar-refractivity contribution in [2.45, 2.75) is 26.3 Å². The van der Waals surface area contributed by atoms with Gasteiger partial charge in [0.2, 0.25) is 0 Å². The van der Waals surface area contributed by atoms with Crippen LogP contribution in [0.15, 0.2) is 36.4 Å². The third-order valence-electron chi connectivity index (χ3n) is 4.54. The minimum absolute atomic E-state index is 0.160. The second-order valence-corrected chi connectivity index (χ2v) is 7.41. The van der Waals surface area contributed by atoms with Crippen molar-refractivity contribution in [3.8, 4) is 0 Å². The number of hydrogen-bond acceptors (Lipinski definition) is 3. The van der Waals surface area contributed by atoms with Gasteiger partial charge in [0, 0.05) is 18.0 Å². The lowest BCUT2D eigenvalue weighted by atomic mass is 10.2. The van der Waals surface area contributed by atoms with E-state index in [2.05, 4.69) is 15.6 Å². The second kappa shape index (κ2) is 5.49. The van der Waals surface area contributed by atoms with Gasteiger partial charge in [-0.25, -0.2) is 4.98 Å². The van der Waals surface area contributed by atoms with E-state index in [-0.39, 0.29) is 5.91 Å². The van der Waals surface area contributed by atoms with Crippen molar-refractivity contribution in [2.75, 3.05) is 13.1 Å². The SMILES string of the molecule is Cc1ccc(C(=O)N2CC[C@H](n3c(C)nc4ccccc43)C2)s1. The van der Waals surface area contributed by atoms with E-state index in [9.17, 15) is 4.79 Å². The van der Waals surface area contributed by atoms with Crippen LogP contribution < -0.4 is 0 Å². The van der Waals surface area contributed by atoms with Gasteiger partial charge in [-0.2, -0.15) is 0 Å². The van der Waals surface area contributed by atoms with Crippen LogP contribution in [-0.4, -0.2) is 33.4 Å². The molecule has 4 rings (SSSR count). The number of amides is 1. The first-order valence-electron chi connectivity index (χ1n) is 7.93. The van der Waals surface area contributed by atoms with Crippen molar-refractivity contribution in [1.82, 2.24) is 14.5 Å². The molecule has 0 aliphatic carbocycles. The molecule has 1 saturated heterocycles. The Morgan fingerprint density at radius 2 is 2.04 bits per heavy atom. The van der Waals surface area contributed by atoms with Crippen LogP contribution in [0.2, 0.25) is 0 Å². The molecule has 0 unspecified atom stereocenters. The maximum Gasteiger partial charge on any atom is 0.263 e. The summed E-state index contributed by atoms with van der Waals surface area (Å²) in [6.45, 7) is 5.66. The molecule has 1 fully saturated rings.